The Hall–Kier alpha value is -0.500. The van der Waals surface area contributed by atoms with Crippen LogP contribution in [0.3, 0.4) is 0 Å². The van der Waals surface area contributed by atoms with E-state index in [1.165, 1.54) is 0 Å². The van der Waals surface area contributed by atoms with Crippen LogP contribution in [0.5, 0.6) is 0 Å². The zero-order chi connectivity index (χ0) is 11.8. The summed E-state index contributed by atoms with van der Waals surface area (Å²) in [5.41, 5.74) is 1.05. The predicted octanol–water partition coefficient (Wildman–Crippen LogP) is 0.317. The minimum absolute atomic E-state index is 0.414. The maximum absolute atomic E-state index is 11.0. The van der Waals surface area contributed by atoms with Gasteiger partial charge in [0.15, 0.2) is 0 Å². The Labute approximate surface area is 103 Å². The van der Waals surface area contributed by atoms with Crippen LogP contribution in [0, 0.1) is 0 Å². The lowest BCUT2D eigenvalue weighted by atomic mass is 10.2. The topological polar surface area (TPSA) is 76.3 Å². The van der Waals surface area contributed by atoms with Crippen molar-refractivity contribution in [3.05, 3.63) is 28.5 Å². The third-order valence-electron chi connectivity index (χ3n) is 2.62. The van der Waals surface area contributed by atoms with Gasteiger partial charge in [0, 0.05) is 25.8 Å². The molecule has 0 amide bonds. The van der Waals surface area contributed by atoms with Crippen molar-refractivity contribution in [1.82, 2.24) is 9.88 Å². The highest BCUT2D eigenvalue weighted by molar-refractivity contribution is 9.10. The van der Waals surface area contributed by atoms with E-state index in [-0.39, 0.29) is 0 Å². The van der Waals surface area contributed by atoms with E-state index in [9.17, 15) is 8.42 Å². The van der Waals surface area contributed by atoms with Gasteiger partial charge in [-0.25, -0.2) is 18.5 Å². The van der Waals surface area contributed by atoms with Crippen LogP contribution in [0.4, 0.5) is 0 Å². The largest absolute Gasteiger partial charge is 0.296 e. The van der Waals surface area contributed by atoms with Gasteiger partial charge in [-0.2, -0.15) is 0 Å². The molecule has 0 spiro atoms. The van der Waals surface area contributed by atoms with Crippen LogP contribution in [0.2, 0.25) is 0 Å². The molecule has 0 unspecified atom stereocenters. The van der Waals surface area contributed by atoms with E-state index in [1.54, 1.807) is 6.20 Å². The normalized spacial score (nSPS) is 18.4. The molecule has 0 aliphatic carbocycles. The van der Waals surface area contributed by atoms with Gasteiger partial charge in [-0.1, -0.05) is 6.07 Å². The quantitative estimate of drug-likeness (QED) is 0.816. The number of pyridine rings is 1. The summed E-state index contributed by atoms with van der Waals surface area (Å²) in [5.74, 6) is 0. The molecule has 2 heterocycles. The summed E-state index contributed by atoms with van der Waals surface area (Å²) in [6.07, 6.45) is 1.71. The molecule has 1 saturated heterocycles. The van der Waals surface area contributed by atoms with Crippen molar-refractivity contribution < 1.29 is 8.42 Å². The van der Waals surface area contributed by atoms with E-state index in [0.29, 0.717) is 19.6 Å². The number of sulfonamides is 1. The van der Waals surface area contributed by atoms with Gasteiger partial charge < -0.3 is 0 Å². The van der Waals surface area contributed by atoms with Crippen molar-refractivity contribution in [3.8, 4) is 0 Å². The monoisotopic (exact) mass is 305 g/mol. The number of hydrogen-bond donors (Lipinski definition) is 1. The average Bonchev–Trinajstić information content (AvgIpc) is 2.11. The van der Waals surface area contributed by atoms with E-state index in [1.807, 2.05) is 17.0 Å². The lowest BCUT2D eigenvalue weighted by molar-refractivity contribution is 0.175. The van der Waals surface area contributed by atoms with Crippen LogP contribution in [-0.2, 0) is 16.6 Å². The van der Waals surface area contributed by atoms with Gasteiger partial charge in [0.2, 0.25) is 10.0 Å². The molecule has 1 aromatic heterocycles. The first kappa shape index (κ1) is 12.0. The fourth-order valence-electron chi connectivity index (χ4n) is 1.64. The molecule has 7 heteroatoms. The van der Waals surface area contributed by atoms with Gasteiger partial charge in [-0.15, -0.1) is 0 Å². The first-order valence-electron chi connectivity index (χ1n) is 4.80. The van der Waals surface area contributed by atoms with Crippen LogP contribution in [0.1, 0.15) is 5.56 Å². The molecule has 2 rings (SSSR count). The molecule has 0 radical (unpaired) electrons. The van der Waals surface area contributed by atoms with Gasteiger partial charge in [0.05, 0.1) is 0 Å². The Morgan fingerprint density at radius 3 is 2.81 bits per heavy atom. The van der Waals surface area contributed by atoms with E-state index in [2.05, 4.69) is 20.9 Å². The van der Waals surface area contributed by atoms with Crippen molar-refractivity contribution in [2.24, 2.45) is 5.14 Å². The zero-order valence-corrected chi connectivity index (χ0v) is 10.9. The number of halogens is 1. The summed E-state index contributed by atoms with van der Waals surface area (Å²) in [6.45, 7) is 1.70. The molecule has 1 fully saturated rings. The Morgan fingerprint density at radius 2 is 2.25 bits per heavy atom. The second kappa shape index (κ2) is 4.40. The van der Waals surface area contributed by atoms with Crippen molar-refractivity contribution in [1.29, 1.82) is 0 Å². The lowest BCUT2D eigenvalue weighted by Gasteiger charge is -2.37. The number of primary sulfonamides is 1. The number of nitrogens with zero attached hydrogens (tertiary/aromatic N) is 2. The smallest absolute Gasteiger partial charge is 0.214 e. The van der Waals surface area contributed by atoms with Crippen molar-refractivity contribution >= 4 is 26.0 Å². The second-order valence-corrected chi connectivity index (χ2v) is 6.45. The molecule has 88 valence electrons. The van der Waals surface area contributed by atoms with Crippen molar-refractivity contribution in [2.45, 2.75) is 11.8 Å². The molecule has 16 heavy (non-hydrogen) atoms. The molecule has 1 aliphatic heterocycles. The third kappa shape index (κ3) is 2.60. The number of hydrogen-bond acceptors (Lipinski definition) is 4. The maximum atomic E-state index is 11.0. The molecule has 2 N–H and O–H groups in total. The fourth-order valence-corrected chi connectivity index (χ4v) is 2.85. The van der Waals surface area contributed by atoms with Gasteiger partial charge in [-0.05, 0) is 27.6 Å². The predicted molar refractivity (Wildman–Crippen MR) is 64.1 cm³/mol. The fraction of sp³-hybridized carbons (Fsp3) is 0.444. The van der Waals surface area contributed by atoms with Gasteiger partial charge in [0.25, 0.3) is 0 Å². The van der Waals surface area contributed by atoms with Crippen LogP contribution < -0.4 is 5.14 Å². The molecular formula is C9H12BrN3O2S. The molecule has 1 aliphatic rings. The Morgan fingerprint density at radius 1 is 1.56 bits per heavy atom. The SMILES string of the molecule is NS(=O)(=O)C1CN(Cc2cccnc2Br)C1. The standard InChI is InChI=1S/C9H12BrN3O2S/c10-9-7(2-1-3-12-9)4-13-5-8(6-13)16(11,14)15/h1-3,8H,4-6H2,(H2,11,14,15). The average molecular weight is 306 g/mol. The number of likely N-dealkylation sites (tertiary alicyclic amines) is 1. The number of rotatable bonds is 3. The van der Waals surface area contributed by atoms with Crippen LogP contribution in [-0.4, -0.2) is 36.6 Å². The molecule has 0 saturated carbocycles. The van der Waals surface area contributed by atoms with E-state index in [4.69, 9.17) is 5.14 Å². The lowest BCUT2D eigenvalue weighted by Crippen LogP contribution is -2.55. The van der Waals surface area contributed by atoms with Crippen LogP contribution in [0.15, 0.2) is 22.9 Å². The van der Waals surface area contributed by atoms with Crippen LogP contribution >= 0.6 is 15.9 Å². The summed E-state index contributed by atoms with van der Waals surface area (Å²) in [5, 5.41) is 4.64. The van der Waals surface area contributed by atoms with Gasteiger partial charge in [0.1, 0.15) is 9.85 Å². The summed E-state index contributed by atoms with van der Waals surface area (Å²) in [7, 11) is -3.37. The first-order valence-corrected chi connectivity index (χ1v) is 7.20. The summed E-state index contributed by atoms with van der Waals surface area (Å²) < 4.78 is 22.8. The molecule has 0 bridgehead atoms. The van der Waals surface area contributed by atoms with Gasteiger partial charge in [-0.3, -0.25) is 4.90 Å². The highest BCUT2D eigenvalue weighted by Gasteiger charge is 2.34. The van der Waals surface area contributed by atoms with Crippen molar-refractivity contribution in [3.63, 3.8) is 0 Å². The summed E-state index contributed by atoms with van der Waals surface area (Å²) in [6, 6.07) is 3.82. The number of nitrogens with two attached hydrogens (primary N) is 1. The highest BCUT2D eigenvalue weighted by Crippen LogP contribution is 2.20. The summed E-state index contributed by atoms with van der Waals surface area (Å²) in [4.78, 5) is 6.13. The molecular weight excluding hydrogens is 294 g/mol. The molecule has 0 atom stereocenters. The maximum Gasteiger partial charge on any atom is 0.214 e. The summed E-state index contributed by atoms with van der Waals surface area (Å²) >= 11 is 3.35. The Bertz CT molecular complexity index is 485. The molecule has 5 nitrogen and oxygen atoms in total. The number of aromatic nitrogens is 1. The minimum atomic E-state index is -3.37. The van der Waals surface area contributed by atoms with E-state index in [0.717, 1.165) is 10.2 Å². The second-order valence-electron chi connectivity index (χ2n) is 3.86. The Balaban J connectivity index is 1.94. The van der Waals surface area contributed by atoms with Gasteiger partial charge >= 0.3 is 0 Å². The van der Waals surface area contributed by atoms with Crippen molar-refractivity contribution in [2.75, 3.05) is 13.1 Å². The zero-order valence-electron chi connectivity index (χ0n) is 8.51. The highest BCUT2D eigenvalue weighted by atomic mass is 79.9. The minimum Gasteiger partial charge on any atom is -0.296 e. The first-order chi connectivity index (χ1) is 7.47. The van der Waals surface area contributed by atoms with E-state index >= 15 is 0 Å². The molecule has 0 aromatic carbocycles. The molecule has 1 aromatic rings. The third-order valence-corrected chi connectivity index (χ3v) is 4.56. The Kier molecular flexibility index (Phi) is 3.29. The van der Waals surface area contributed by atoms with Crippen LogP contribution in [0.25, 0.3) is 0 Å². The van der Waals surface area contributed by atoms with E-state index < -0.39 is 15.3 Å².